The molecule has 2 rings (SSSR count). The van der Waals surface area contributed by atoms with Gasteiger partial charge in [0.2, 0.25) is 0 Å². The molecule has 0 aliphatic carbocycles. The number of aromatic nitrogens is 1. The molecule has 2 atom stereocenters. The molecule has 1 fully saturated rings. The molecule has 1 aliphatic heterocycles. The summed E-state index contributed by atoms with van der Waals surface area (Å²) in [5.74, 6) is 2.40. The number of hydrogen-bond acceptors (Lipinski definition) is 4. The number of rotatable bonds is 4. The second-order valence-electron chi connectivity index (χ2n) is 4.60. The fourth-order valence-corrected chi connectivity index (χ4v) is 2.47. The minimum Gasteiger partial charge on any atom is -0.490 e. The lowest BCUT2D eigenvalue weighted by Gasteiger charge is -2.24. The van der Waals surface area contributed by atoms with Gasteiger partial charge in [0.05, 0.1) is 6.61 Å². The second kappa shape index (κ2) is 5.36. The first-order chi connectivity index (χ1) is 8.26. The maximum Gasteiger partial charge on any atom is 0.171 e. The quantitative estimate of drug-likeness (QED) is 0.862. The standard InChI is InChI=1S/C13H21N3O/c1-3-17-12-5-4-6-15-13(12)16-9-11(8-14)7-10(16)2/h4-6,10-11H,3,7-9,14H2,1-2H3. The first-order valence-electron chi connectivity index (χ1n) is 6.30. The Morgan fingerprint density at radius 2 is 2.41 bits per heavy atom. The number of anilines is 1. The molecule has 94 valence electrons. The van der Waals surface area contributed by atoms with E-state index in [0.29, 0.717) is 18.6 Å². The molecule has 0 radical (unpaired) electrons. The summed E-state index contributed by atoms with van der Waals surface area (Å²) in [5, 5.41) is 0. The van der Waals surface area contributed by atoms with Crippen molar-refractivity contribution in [3.8, 4) is 5.75 Å². The average molecular weight is 235 g/mol. The molecular weight excluding hydrogens is 214 g/mol. The van der Waals surface area contributed by atoms with Crippen molar-refractivity contribution < 1.29 is 4.74 Å². The Morgan fingerprint density at radius 3 is 3.06 bits per heavy atom. The zero-order valence-electron chi connectivity index (χ0n) is 10.6. The summed E-state index contributed by atoms with van der Waals surface area (Å²) in [6.07, 6.45) is 2.96. The SMILES string of the molecule is CCOc1cccnc1N1CC(CN)CC1C. The van der Waals surface area contributed by atoms with Crippen LogP contribution in [-0.4, -0.2) is 30.7 Å². The van der Waals surface area contributed by atoms with Crippen LogP contribution in [-0.2, 0) is 0 Å². The molecule has 0 spiro atoms. The molecule has 2 heterocycles. The first kappa shape index (κ1) is 12.2. The van der Waals surface area contributed by atoms with Gasteiger partial charge >= 0.3 is 0 Å². The summed E-state index contributed by atoms with van der Waals surface area (Å²) in [6, 6.07) is 4.38. The molecule has 0 bridgehead atoms. The van der Waals surface area contributed by atoms with E-state index < -0.39 is 0 Å². The molecule has 2 N–H and O–H groups in total. The lowest BCUT2D eigenvalue weighted by Crippen LogP contribution is -2.28. The van der Waals surface area contributed by atoms with Crippen molar-refractivity contribution >= 4 is 5.82 Å². The summed E-state index contributed by atoms with van der Waals surface area (Å²) in [5.41, 5.74) is 5.75. The monoisotopic (exact) mass is 235 g/mol. The highest BCUT2D eigenvalue weighted by Gasteiger charge is 2.30. The minimum atomic E-state index is 0.484. The molecule has 0 amide bonds. The molecule has 0 aromatic carbocycles. The zero-order chi connectivity index (χ0) is 12.3. The topological polar surface area (TPSA) is 51.4 Å². The molecule has 0 saturated carbocycles. The van der Waals surface area contributed by atoms with Crippen LogP contribution in [0.5, 0.6) is 5.75 Å². The predicted octanol–water partition coefficient (Wildman–Crippen LogP) is 1.65. The Hall–Kier alpha value is -1.29. The van der Waals surface area contributed by atoms with Crippen molar-refractivity contribution in [1.82, 2.24) is 4.98 Å². The van der Waals surface area contributed by atoms with E-state index in [2.05, 4.69) is 16.8 Å². The summed E-state index contributed by atoms with van der Waals surface area (Å²) in [6.45, 7) is 6.61. The van der Waals surface area contributed by atoms with Gasteiger partial charge in [0.1, 0.15) is 0 Å². The van der Waals surface area contributed by atoms with Crippen LogP contribution >= 0.6 is 0 Å². The largest absolute Gasteiger partial charge is 0.490 e. The van der Waals surface area contributed by atoms with Crippen molar-refractivity contribution in [2.45, 2.75) is 26.3 Å². The maximum atomic E-state index is 5.75. The van der Waals surface area contributed by atoms with Gasteiger partial charge in [-0.05, 0) is 44.9 Å². The van der Waals surface area contributed by atoms with Crippen LogP contribution in [0.3, 0.4) is 0 Å². The number of nitrogens with two attached hydrogens (primary N) is 1. The molecule has 2 unspecified atom stereocenters. The van der Waals surface area contributed by atoms with Gasteiger partial charge in [-0.1, -0.05) is 0 Å². The van der Waals surface area contributed by atoms with Crippen LogP contribution in [0.25, 0.3) is 0 Å². The van der Waals surface area contributed by atoms with E-state index >= 15 is 0 Å². The normalized spacial score (nSPS) is 24.1. The van der Waals surface area contributed by atoms with E-state index in [9.17, 15) is 0 Å². The fraction of sp³-hybridized carbons (Fsp3) is 0.615. The lowest BCUT2D eigenvalue weighted by molar-refractivity contribution is 0.339. The highest BCUT2D eigenvalue weighted by Crippen LogP contribution is 2.33. The van der Waals surface area contributed by atoms with Gasteiger partial charge in [-0.15, -0.1) is 0 Å². The smallest absolute Gasteiger partial charge is 0.171 e. The van der Waals surface area contributed by atoms with Gasteiger partial charge in [-0.3, -0.25) is 0 Å². The van der Waals surface area contributed by atoms with Gasteiger partial charge in [0.15, 0.2) is 11.6 Å². The van der Waals surface area contributed by atoms with Crippen molar-refractivity contribution in [3.05, 3.63) is 18.3 Å². The Labute approximate surface area is 103 Å². The number of ether oxygens (including phenoxy) is 1. The van der Waals surface area contributed by atoms with Crippen LogP contribution in [0.2, 0.25) is 0 Å². The van der Waals surface area contributed by atoms with Gasteiger partial charge in [-0.2, -0.15) is 0 Å². The van der Waals surface area contributed by atoms with Crippen LogP contribution in [0.4, 0.5) is 5.82 Å². The van der Waals surface area contributed by atoms with E-state index in [-0.39, 0.29) is 0 Å². The van der Waals surface area contributed by atoms with Crippen molar-refractivity contribution in [3.63, 3.8) is 0 Å². The van der Waals surface area contributed by atoms with E-state index in [0.717, 1.165) is 31.1 Å². The van der Waals surface area contributed by atoms with Gasteiger partial charge < -0.3 is 15.4 Å². The van der Waals surface area contributed by atoms with Crippen LogP contribution in [0.15, 0.2) is 18.3 Å². The molecular formula is C13H21N3O. The van der Waals surface area contributed by atoms with E-state index in [1.807, 2.05) is 25.3 Å². The molecule has 1 aromatic heterocycles. The first-order valence-corrected chi connectivity index (χ1v) is 6.30. The Bertz CT molecular complexity index is 369. The lowest BCUT2D eigenvalue weighted by atomic mass is 10.1. The zero-order valence-corrected chi connectivity index (χ0v) is 10.6. The van der Waals surface area contributed by atoms with Gasteiger partial charge in [0.25, 0.3) is 0 Å². The summed E-state index contributed by atoms with van der Waals surface area (Å²) >= 11 is 0. The Balaban J connectivity index is 2.21. The average Bonchev–Trinajstić information content (AvgIpc) is 2.72. The molecule has 1 saturated heterocycles. The number of pyridine rings is 1. The number of hydrogen-bond donors (Lipinski definition) is 1. The Morgan fingerprint density at radius 1 is 1.59 bits per heavy atom. The summed E-state index contributed by atoms with van der Waals surface area (Å²) in [4.78, 5) is 6.77. The van der Waals surface area contributed by atoms with Crippen LogP contribution in [0, 0.1) is 5.92 Å². The molecule has 17 heavy (non-hydrogen) atoms. The van der Waals surface area contributed by atoms with Crippen LogP contribution in [0.1, 0.15) is 20.3 Å². The van der Waals surface area contributed by atoms with Crippen molar-refractivity contribution in [2.24, 2.45) is 11.7 Å². The van der Waals surface area contributed by atoms with Crippen molar-refractivity contribution in [2.75, 3.05) is 24.6 Å². The molecule has 4 heteroatoms. The van der Waals surface area contributed by atoms with Gasteiger partial charge in [-0.25, -0.2) is 4.98 Å². The predicted molar refractivity (Wildman–Crippen MR) is 69.4 cm³/mol. The number of nitrogens with zero attached hydrogens (tertiary/aromatic N) is 2. The third-order valence-electron chi connectivity index (χ3n) is 3.32. The summed E-state index contributed by atoms with van der Waals surface area (Å²) < 4.78 is 5.63. The Kier molecular flexibility index (Phi) is 3.84. The fourth-order valence-electron chi connectivity index (χ4n) is 2.47. The summed E-state index contributed by atoms with van der Waals surface area (Å²) in [7, 11) is 0. The third kappa shape index (κ3) is 2.52. The van der Waals surface area contributed by atoms with Gasteiger partial charge in [0, 0.05) is 18.8 Å². The highest BCUT2D eigenvalue weighted by atomic mass is 16.5. The second-order valence-corrected chi connectivity index (χ2v) is 4.60. The molecule has 1 aromatic rings. The molecule has 1 aliphatic rings. The van der Waals surface area contributed by atoms with Crippen LogP contribution < -0.4 is 15.4 Å². The van der Waals surface area contributed by atoms with Crippen molar-refractivity contribution in [1.29, 1.82) is 0 Å². The highest BCUT2D eigenvalue weighted by molar-refractivity contribution is 5.53. The minimum absolute atomic E-state index is 0.484. The van der Waals surface area contributed by atoms with E-state index in [1.165, 1.54) is 0 Å². The van der Waals surface area contributed by atoms with E-state index in [1.54, 1.807) is 0 Å². The van der Waals surface area contributed by atoms with E-state index in [4.69, 9.17) is 10.5 Å². The maximum absolute atomic E-state index is 5.75. The molecule has 4 nitrogen and oxygen atoms in total. The third-order valence-corrected chi connectivity index (χ3v) is 3.32.